The van der Waals surface area contributed by atoms with Gasteiger partial charge in [-0.3, -0.25) is 0 Å². The molecule has 1 aliphatic carbocycles. The maximum atomic E-state index is 6.59. The van der Waals surface area contributed by atoms with Gasteiger partial charge in [0.15, 0.2) is 0 Å². The normalized spacial score (nSPS) is 18.6. The summed E-state index contributed by atoms with van der Waals surface area (Å²) >= 11 is 0. The van der Waals surface area contributed by atoms with E-state index in [0.29, 0.717) is 0 Å². The highest BCUT2D eigenvalue weighted by atomic mass is 14.6. The van der Waals surface area contributed by atoms with Crippen molar-refractivity contribution in [3.05, 3.63) is 47.5 Å². The number of hydrogen-bond donors (Lipinski definition) is 1. The van der Waals surface area contributed by atoms with Crippen molar-refractivity contribution in [1.29, 1.82) is 0 Å². The van der Waals surface area contributed by atoms with Crippen molar-refractivity contribution >= 4 is 10.8 Å². The van der Waals surface area contributed by atoms with E-state index in [0.717, 1.165) is 12.3 Å². The number of nitrogens with two attached hydrogens (primary N) is 1. The molecule has 0 radical (unpaired) electrons. The minimum atomic E-state index is 0.179. The molecule has 1 nitrogen and oxygen atoms in total. The highest BCUT2D eigenvalue weighted by molar-refractivity contribution is 5.88. The van der Waals surface area contributed by atoms with Crippen LogP contribution in [0.2, 0.25) is 0 Å². The van der Waals surface area contributed by atoms with E-state index >= 15 is 0 Å². The van der Waals surface area contributed by atoms with E-state index in [1.165, 1.54) is 60.4 Å². The highest BCUT2D eigenvalue weighted by Gasteiger charge is 2.18. The summed E-state index contributed by atoms with van der Waals surface area (Å²) in [6, 6.07) is 13.3. The molecule has 112 valence electrons. The zero-order valence-electron chi connectivity index (χ0n) is 13.1. The highest BCUT2D eigenvalue weighted by Crippen LogP contribution is 2.33. The second kappa shape index (κ2) is 6.62. The van der Waals surface area contributed by atoms with Gasteiger partial charge in [-0.05, 0) is 41.2 Å². The van der Waals surface area contributed by atoms with Crippen molar-refractivity contribution in [3.8, 4) is 0 Å². The lowest BCUT2D eigenvalue weighted by Gasteiger charge is -2.21. The first-order chi connectivity index (χ1) is 10.3. The maximum absolute atomic E-state index is 6.59. The molecule has 0 aliphatic heterocycles. The Morgan fingerprint density at radius 1 is 0.952 bits per heavy atom. The Hall–Kier alpha value is -1.34. The van der Waals surface area contributed by atoms with Gasteiger partial charge in [-0.1, -0.05) is 74.9 Å². The molecule has 2 aromatic carbocycles. The van der Waals surface area contributed by atoms with E-state index in [9.17, 15) is 0 Å². The Morgan fingerprint density at radius 2 is 1.62 bits per heavy atom. The Bertz CT molecular complexity index is 594. The van der Waals surface area contributed by atoms with Crippen molar-refractivity contribution in [3.63, 3.8) is 0 Å². The Balaban J connectivity index is 1.84. The Labute approximate surface area is 128 Å². The number of benzene rings is 2. The molecule has 1 fully saturated rings. The van der Waals surface area contributed by atoms with Gasteiger partial charge in [-0.2, -0.15) is 0 Å². The lowest BCUT2D eigenvalue weighted by atomic mass is 9.87. The van der Waals surface area contributed by atoms with Crippen LogP contribution in [0.4, 0.5) is 0 Å². The third-order valence-corrected chi connectivity index (χ3v) is 5.14. The first-order valence-electron chi connectivity index (χ1n) is 8.49. The SMILES string of the molecule is Cc1ccc(C(N)CC2CCCCCC2)c2ccccc12. The van der Waals surface area contributed by atoms with Crippen LogP contribution in [0.3, 0.4) is 0 Å². The molecule has 0 aromatic heterocycles. The standard InChI is InChI=1S/C20H27N/c1-15-12-13-19(18-11-7-6-10-17(15)18)20(21)14-16-8-4-2-3-5-9-16/h6-7,10-13,16,20H,2-5,8-9,14,21H2,1H3. The van der Waals surface area contributed by atoms with Crippen molar-refractivity contribution in [1.82, 2.24) is 0 Å². The predicted octanol–water partition coefficient (Wildman–Crippen LogP) is 5.51. The minimum Gasteiger partial charge on any atom is -0.324 e. The molecular weight excluding hydrogens is 254 g/mol. The van der Waals surface area contributed by atoms with Crippen molar-refractivity contribution in [2.45, 2.75) is 57.9 Å². The van der Waals surface area contributed by atoms with E-state index in [1.807, 2.05) is 0 Å². The summed E-state index contributed by atoms with van der Waals surface area (Å²) in [7, 11) is 0. The average molecular weight is 281 g/mol. The summed E-state index contributed by atoms with van der Waals surface area (Å²) in [4.78, 5) is 0. The molecule has 2 N–H and O–H groups in total. The van der Waals surface area contributed by atoms with Crippen molar-refractivity contribution in [2.24, 2.45) is 11.7 Å². The zero-order valence-corrected chi connectivity index (χ0v) is 13.1. The van der Waals surface area contributed by atoms with Gasteiger partial charge in [0.25, 0.3) is 0 Å². The third kappa shape index (κ3) is 3.29. The summed E-state index contributed by atoms with van der Waals surface area (Å²) in [5.74, 6) is 0.822. The second-order valence-electron chi connectivity index (χ2n) is 6.72. The molecule has 0 amide bonds. The van der Waals surface area contributed by atoms with E-state index in [-0.39, 0.29) is 6.04 Å². The average Bonchev–Trinajstić information content (AvgIpc) is 2.76. The lowest BCUT2D eigenvalue weighted by molar-refractivity contribution is 0.394. The summed E-state index contributed by atoms with van der Waals surface area (Å²) in [5.41, 5.74) is 9.27. The molecule has 1 aliphatic rings. The molecule has 0 bridgehead atoms. The van der Waals surface area contributed by atoms with Gasteiger partial charge in [-0.15, -0.1) is 0 Å². The number of hydrogen-bond acceptors (Lipinski definition) is 1. The monoisotopic (exact) mass is 281 g/mol. The molecule has 0 saturated heterocycles. The number of fused-ring (bicyclic) bond motifs is 1. The molecule has 21 heavy (non-hydrogen) atoms. The quantitative estimate of drug-likeness (QED) is 0.738. The summed E-state index contributed by atoms with van der Waals surface area (Å²) in [6.07, 6.45) is 9.51. The first-order valence-corrected chi connectivity index (χ1v) is 8.49. The van der Waals surface area contributed by atoms with Crippen LogP contribution in [-0.4, -0.2) is 0 Å². The minimum absolute atomic E-state index is 0.179. The van der Waals surface area contributed by atoms with Crippen LogP contribution in [-0.2, 0) is 0 Å². The fourth-order valence-electron chi connectivity index (χ4n) is 3.88. The fourth-order valence-corrected chi connectivity index (χ4v) is 3.88. The molecule has 2 aromatic rings. The van der Waals surface area contributed by atoms with Crippen LogP contribution < -0.4 is 5.73 Å². The summed E-state index contributed by atoms with van der Waals surface area (Å²) < 4.78 is 0. The van der Waals surface area contributed by atoms with Gasteiger partial charge in [0.2, 0.25) is 0 Å². The van der Waals surface area contributed by atoms with E-state index in [4.69, 9.17) is 5.73 Å². The molecule has 1 unspecified atom stereocenters. The van der Waals surface area contributed by atoms with Gasteiger partial charge >= 0.3 is 0 Å². The molecule has 0 heterocycles. The Morgan fingerprint density at radius 3 is 2.33 bits per heavy atom. The van der Waals surface area contributed by atoms with Gasteiger partial charge < -0.3 is 5.73 Å². The van der Waals surface area contributed by atoms with Gasteiger partial charge in [0.1, 0.15) is 0 Å². The van der Waals surface area contributed by atoms with Crippen molar-refractivity contribution in [2.75, 3.05) is 0 Å². The number of aryl methyl sites for hydroxylation is 1. The molecular formula is C20H27N. The van der Waals surface area contributed by atoms with E-state index in [2.05, 4.69) is 43.3 Å². The van der Waals surface area contributed by atoms with Crippen LogP contribution >= 0.6 is 0 Å². The van der Waals surface area contributed by atoms with Crippen LogP contribution in [0.25, 0.3) is 10.8 Å². The Kier molecular flexibility index (Phi) is 4.60. The molecule has 1 saturated carbocycles. The predicted molar refractivity (Wildman–Crippen MR) is 91.4 cm³/mol. The maximum Gasteiger partial charge on any atom is 0.0303 e. The first kappa shape index (κ1) is 14.6. The van der Waals surface area contributed by atoms with Crippen LogP contribution in [0.15, 0.2) is 36.4 Å². The van der Waals surface area contributed by atoms with Crippen LogP contribution in [0, 0.1) is 12.8 Å². The molecule has 3 rings (SSSR count). The number of rotatable bonds is 3. The van der Waals surface area contributed by atoms with Gasteiger partial charge in [0, 0.05) is 6.04 Å². The lowest BCUT2D eigenvalue weighted by Crippen LogP contribution is -2.16. The van der Waals surface area contributed by atoms with Gasteiger partial charge in [0.05, 0.1) is 0 Å². The van der Waals surface area contributed by atoms with Gasteiger partial charge in [-0.25, -0.2) is 0 Å². The smallest absolute Gasteiger partial charge is 0.0303 e. The largest absolute Gasteiger partial charge is 0.324 e. The summed E-state index contributed by atoms with van der Waals surface area (Å²) in [6.45, 7) is 2.18. The third-order valence-electron chi connectivity index (χ3n) is 5.14. The van der Waals surface area contributed by atoms with Crippen molar-refractivity contribution < 1.29 is 0 Å². The van der Waals surface area contributed by atoms with Crippen LogP contribution in [0.1, 0.15) is 62.1 Å². The second-order valence-corrected chi connectivity index (χ2v) is 6.72. The molecule has 0 spiro atoms. The zero-order chi connectivity index (χ0) is 14.7. The fraction of sp³-hybridized carbons (Fsp3) is 0.500. The van der Waals surface area contributed by atoms with Crippen LogP contribution in [0.5, 0.6) is 0 Å². The topological polar surface area (TPSA) is 26.0 Å². The summed E-state index contributed by atoms with van der Waals surface area (Å²) in [5, 5.41) is 2.70. The molecule has 1 atom stereocenters. The van der Waals surface area contributed by atoms with E-state index in [1.54, 1.807) is 0 Å². The van der Waals surface area contributed by atoms with E-state index < -0.39 is 0 Å². The molecule has 1 heteroatoms.